The Kier molecular flexibility index (Phi) is 3.40. The summed E-state index contributed by atoms with van der Waals surface area (Å²) >= 11 is 6.59. The number of thiocarbonyl (C=S) groups is 1. The predicted molar refractivity (Wildman–Crippen MR) is 88.5 cm³/mol. The lowest BCUT2D eigenvalue weighted by Gasteiger charge is -2.30. The number of hydrogen-bond acceptors (Lipinski definition) is 4. The number of fused-ring (bicyclic) bond motifs is 1. The largest absolute Gasteiger partial charge is 0.340 e. The fourth-order valence-corrected chi connectivity index (χ4v) is 3.63. The second-order valence-corrected chi connectivity index (χ2v) is 6.23. The first-order chi connectivity index (χ1) is 9.63. The quantitative estimate of drug-likeness (QED) is 0.587. The molecule has 0 atom stereocenters. The zero-order valence-electron chi connectivity index (χ0n) is 11.3. The lowest BCUT2D eigenvalue weighted by Crippen LogP contribution is -2.28. The zero-order chi connectivity index (χ0) is 14.3. The third kappa shape index (κ3) is 1.98. The van der Waals surface area contributed by atoms with Crippen LogP contribution < -0.4 is 4.90 Å². The molecule has 2 aliphatic heterocycles. The summed E-state index contributed by atoms with van der Waals surface area (Å²) in [6.45, 7) is 2.90. The molecule has 3 rings (SSSR count). The summed E-state index contributed by atoms with van der Waals surface area (Å²) in [4.78, 5) is 16.7. The van der Waals surface area contributed by atoms with Gasteiger partial charge < -0.3 is 4.90 Å². The van der Waals surface area contributed by atoms with Crippen LogP contribution >= 0.6 is 24.0 Å². The average molecular weight is 302 g/mol. The van der Waals surface area contributed by atoms with E-state index in [-0.39, 0.29) is 5.91 Å². The van der Waals surface area contributed by atoms with Gasteiger partial charge in [-0.25, -0.2) is 0 Å². The number of carbonyl (C=O) groups excluding carboxylic acids is 1. The smallest absolute Gasteiger partial charge is 0.268 e. The van der Waals surface area contributed by atoms with Gasteiger partial charge in [-0.05, 0) is 24.6 Å². The molecule has 5 heteroatoms. The van der Waals surface area contributed by atoms with E-state index in [2.05, 4.69) is 30.0 Å². The number of allylic oxidation sites excluding steroid dienone is 1. The Labute approximate surface area is 127 Å². The van der Waals surface area contributed by atoms with Crippen LogP contribution in [0.15, 0.2) is 40.9 Å². The molecule has 1 saturated heterocycles. The van der Waals surface area contributed by atoms with Crippen molar-refractivity contribution in [3.8, 4) is 0 Å². The molecule has 0 saturated carbocycles. The van der Waals surface area contributed by atoms with Gasteiger partial charge >= 0.3 is 0 Å². The van der Waals surface area contributed by atoms with Crippen LogP contribution in [-0.2, 0) is 4.79 Å². The fourth-order valence-electron chi connectivity index (χ4n) is 2.40. The summed E-state index contributed by atoms with van der Waals surface area (Å²) in [6.07, 6.45) is 4.06. The summed E-state index contributed by atoms with van der Waals surface area (Å²) in [6, 6.07) is 8.20. The van der Waals surface area contributed by atoms with E-state index in [1.807, 2.05) is 18.2 Å². The number of benzene rings is 1. The van der Waals surface area contributed by atoms with Gasteiger partial charge in [0.05, 0.1) is 5.70 Å². The number of nitrogens with zero attached hydrogens (tertiary/aromatic N) is 2. The number of para-hydroxylation sites is 1. The van der Waals surface area contributed by atoms with Crippen LogP contribution in [0.5, 0.6) is 0 Å². The van der Waals surface area contributed by atoms with Gasteiger partial charge in [-0.3, -0.25) is 9.69 Å². The molecule has 0 aliphatic carbocycles. The van der Waals surface area contributed by atoms with Crippen molar-refractivity contribution < 1.29 is 4.79 Å². The number of amides is 1. The van der Waals surface area contributed by atoms with Gasteiger partial charge in [0.2, 0.25) is 0 Å². The normalized spacial score (nSPS) is 21.7. The maximum Gasteiger partial charge on any atom is 0.268 e. The number of rotatable bonds is 1. The van der Waals surface area contributed by atoms with Gasteiger partial charge in [0.1, 0.15) is 9.23 Å². The maximum atomic E-state index is 12.3. The second kappa shape index (κ2) is 5.07. The first-order valence-electron chi connectivity index (χ1n) is 6.42. The number of likely N-dealkylation sites (N-methyl/N-ethyl adjacent to an activating group) is 2. The Morgan fingerprint density at radius 1 is 1.25 bits per heavy atom. The molecule has 0 spiro atoms. The molecule has 0 unspecified atom stereocenters. The van der Waals surface area contributed by atoms with E-state index in [1.54, 1.807) is 7.05 Å². The minimum absolute atomic E-state index is 0.0162. The van der Waals surface area contributed by atoms with E-state index in [4.69, 9.17) is 12.2 Å². The Hall–Kier alpha value is -1.59. The number of hydrogen-bond donors (Lipinski definition) is 0. The summed E-state index contributed by atoms with van der Waals surface area (Å²) in [5.41, 5.74) is 3.24. The highest BCUT2D eigenvalue weighted by atomic mass is 32.2. The Morgan fingerprint density at radius 3 is 2.65 bits per heavy atom. The summed E-state index contributed by atoms with van der Waals surface area (Å²) < 4.78 is 0.612. The second-order valence-electron chi connectivity index (χ2n) is 4.58. The number of anilines is 1. The van der Waals surface area contributed by atoms with Crippen LogP contribution in [0.25, 0.3) is 6.08 Å². The maximum absolute atomic E-state index is 12.3. The van der Waals surface area contributed by atoms with Gasteiger partial charge in [-0.1, -0.05) is 48.3 Å². The SMILES string of the molecule is CCN1/C(=C2/SC(=S)N(C)C2=O)C=Cc2ccccc21. The lowest BCUT2D eigenvalue weighted by atomic mass is 10.1. The molecule has 1 amide bonds. The third-order valence-corrected chi connectivity index (χ3v) is 5.01. The fraction of sp³-hybridized carbons (Fsp3) is 0.200. The minimum Gasteiger partial charge on any atom is -0.340 e. The lowest BCUT2D eigenvalue weighted by molar-refractivity contribution is -0.121. The molecule has 2 aliphatic rings. The first-order valence-corrected chi connectivity index (χ1v) is 7.64. The monoisotopic (exact) mass is 302 g/mol. The molecule has 1 aromatic carbocycles. The summed E-state index contributed by atoms with van der Waals surface area (Å²) in [7, 11) is 1.72. The van der Waals surface area contributed by atoms with E-state index >= 15 is 0 Å². The van der Waals surface area contributed by atoms with E-state index < -0.39 is 0 Å². The number of carbonyl (C=O) groups is 1. The highest BCUT2D eigenvalue weighted by molar-refractivity contribution is 8.26. The third-order valence-electron chi connectivity index (χ3n) is 3.45. The van der Waals surface area contributed by atoms with Crippen molar-refractivity contribution in [1.82, 2.24) is 4.90 Å². The van der Waals surface area contributed by atoms with E-state index in [1.165, 1.54) is 22.2 Å². The van der Waals surface area contributed by atoms with E-state index in [0.29, 0.717) is 9.23 Å². The molecule has 1 aromatic rings. The Bertz CT molecular complexity index is 664. The number of thioether (sulfide) groups is 1. The van der Waals surface area contributed by atoms with Crippen molar-refractivity contribution >= 4 is 46.0 Å². The Balaban J connectivity index is 2.13. The van der Waals surface area contributed by atoms with E-state index in [0.717, 1.165) is 17.9 Å². The van der Waals surface area contributed by atoms with Crippen LogP contribution in [0.4, 0.5) is 5.69 Å². The van der Waals surface area contributed by atoms with Crippen LogP contribution in [0.1, 0.15) is 12.5 Å². The molecule has 0 radical (unpaired) electrons. The first kappa shape index (κ1) is 13.4. The Morgan fingerprint density at radius 2 is 2.00 bits per heavy atom. The molecule has 1 fully saturated rings. The molecule has 3 nitrogen and oxygen atoms in total. The highest BCUT2D eigenvalue weighted by Gasteiger charge is 2.33. The van der Waals surface area contributed by atoms with Crippen molar-refractivity contribution in [2.75, 3.05) is 18.5 Å². The molecule has 2 heterocycles. The molecular weight excluding hydrogens is 288 g/mol. The molecule has 20 heavy (non-hydrogen) atoms. The molecular formula is C15H14N2OS2. The van der Waals surface area contributed by atoms with Crippen molar-refractivity contribution in [3.05, 3.63) is 46.5 Å². The van der Waals surface area contributed by atoms with Crippen LogP contribution in [0, 0.1) is 0 Å². The van der Waals surface area contributed by atoms with Gasteiger partial charge in [0.25, 0.3) is 5.91 Å². The molecule has 0 N–H and O–H groups in total. The van der Waals surface area contributed by atoms with Crippen molar-refractivity contribution in [1.29, 1.82) is 0 Å². The topological polar surface area (TPSA) is 23.6 Å². The molecule has 102 valence electrons. The van der Waals surface area contributed by atoms with Gasteiger partial charge in [0.15, 0.2) is 0 Å². The predicted octanol–water partition coefficient (Wildman–Crippen LogP) is 3.24. The van der Waals surface area contributed by atoms with Crippen molar-refractivity contribution in [3.63, 3.8) is 0 Å². The average Bonchev–Trinajstić information content (AvgIpc) is 2.73. The highest BCUT2D eigenvalue weighted by Crippen LogP contribution is 2.38. The van der Waals surface area contributed by atoms with Crippen LogP contribution in [-0.4, -0.2) is 28.7 Å². The summed E-state index contributed by atoms with van der Waals surface area (Å²) in [5, 5.41) is 0. The van der Waals surface area contributed by atoms with Crippen molar-refractivity contribution in [2.24, 2.45) is 0 Å². The van der Waals surface area contributed by atoms with Crippen LogP contribution in [0.3, 0.4) is 0 Å². The zero-order valence-corrected chi connectivity index (χ0v) is 12.9. The molecule has 0 bridgehead atoms. The summed E-state index contributed by atoms with van der Waals surface area (Å²) in [5.74, 6) is -0.0162. The van der Waals surface area contributed by atoms with Crippen LogP contribution in [0.2, 0.25) is 0 Å². The standard InChI is InChI=1S/C15H14N2OS2/c1-3-17-11-7-5-4-6-10(11)8-9-12(17)13-14(18)16(2)15(19)20-13/h4-9H,3H2,1-2H3/b13-12+. The van der Waals surface area contributed by atoms with Gasteiger partial charge in [-0.2, -0.15) is 0 Å². The van der Waals surface area contributed by atoms with E-state index in [9.17, 15) is 4.79 Å². The van der Waals surface area contributed by atoms with Gasteiger partial charge in [0, 0.05) is 19.3 Å². The minimum atomic E-state index is -0.0162. The van der Waals surface area contributed by atoms with Crippen molar-refractivity contribution in [2.45, 2.75) is 6.92 Å². The molecule has 0 aromatic heterocycles. The van der Waals surface area contributed by atoms with Gasteiger partial charge in [-0.15, -0.1) is 0 Å².